The van der Waals surface area contributed by atoms with Gasteiger partial charge in [0.15, 0.2) is 0 Å². The highest BCUT2D eigenvalue weighted by Crippen LogP contribution is 2.20. The van der Waals surface area contributed by atoms with Crippen molar-refractivity contribution in [3.63, 3.8) is 0 Å². The summed E-state index contributed by atoms with van der Waals surface area (Å²) in [6.07, 6.45) is 4.79. The fourth-order valence-corrected chi connectivity index (χ4v) is 2.47. The molecule has 112 valence electrons. The molecule has 2 atom stereocenters. The first-order valence-electron chi connectivity index (χ1n) is 7.46. The molecule has 1 fully saturated rings. The summed E-state index contributed by atoms with van der Waals surface area (Å²) in [6, 6.07) is 0. The molecule has 2 N–H and O–H groups in total. The summed E-state index contributed by atoms with van der Waals surface area (Å²) >= 11 is 0. The van der Waals surface area contributed by atoms with Gasteiger partial charge in [-0.25, -0.2) is 0 Å². The van der Waals surface area contributed by atoms with Gasteiger partial charge in [-0.05, 0) is 25.3 Å². The van der Waals surface area contributed by atoms with Crippen LogP contribution in [0, 0.1) is 5.92 Å². The summed E-state index contributed by atoms with van der Waals surface area (Å²) in [5.41, 5.74) is 0. The molecule has 0 spiro atoms. The van der Waals surface area contributed by atoms with E-state index in [9.17, 15) is 0 Å². The topological polar surface area (TPSA) is 44.7 Å². The van der Waals surface area contributed by atoms with E-state index in [1.165, 1.54) is 0 Å². The van der Waals surface area contributed by atoms with E-state index in [2.05, 4.69) is 30.6 Å². The predicted molar refractivity (Wildman–Crippen MR) is 79.3 cm³/mol. The Morgan fingerprint density at radius 2 is 2.16 bits per heavy atom. The standard InChI is InChI=1S/C15H30N2O2/c1-4-7-17(8-9-18)12-15-6-5-14(19-15)11-16-10-13(2)3/h4,13-16,18H,1,5-12H2,2-3H3. The minimum absolute atomic E-state index is 0.194. The minimum atomic E-state index is 0.194. The number of hydrogen-bond acceptors (Lipinski definition) is 4. The van der Waals surface area contributed by atoms with Crippen molar-refractivity contribution in [3.05, 3.63) is 12.7 Å². The minimum Gasteiger partial charge on any atom is -0.395 e. The molecule has 0 aliphatic carbocycles. The molecule has 1 rings (SSSR count). The number of aliphatic hydroxyl groups excluding tert-OH is 1. The number of ether oxygens (including phenoxy) is 1. The Morgan fingerprint density at radius 3 is 2.79 bits per heavy atom. The lowest BCUT2D eigenvalue weighted by atomic mass is 10.1. The zero-order valence-corrected chi connectivity index (χ0v) is 12.5. The summed E-state index contributed by atoms with van der Waals surface area (Å²) in [6.45, 7) is 12.8. The Labute approximate surface area is 117 Å². The SMILES string of the molecule is C=CCN(CCO)CC1CCC(CNCC(C)C)O1. The van der Waals surface area contributed by atoms with Gasteiger partial charge in [0.25, 0.3) is 0 Å². The predicted octanol–water partition coefficient (Wildman–Crippen LogP) is 1.26. The molecule has 0 bridgehead atoms. The maximum Gasteiger partial charge on any atom is 0.0707 e. The monoisotopic (exact) mass is 270 g/mol. The molecule has 0 aromatic heterocycles. The second-order valence-corrected chi connectivity index (χ2v) is 5.78. The summed E-state index contributed by atoms with van der Waals surface area (Å²) in [5.74, 6) is 0.685. The van der Waals surface area contributed by atoms with Crippen molar-refractivity contribution in [2.75, 3.05) is 39.3 Å². The van der Waals surface area contributed by atoms with Crippen LogP contribution in [-0.2, 0) is 4.74 Å². The highest BCUT2D eigenvalue weighted by atomic mass is 16.5. The first-order chi connectivity index (χ1) is 9.15. The third-order valence-corrected chi connectivity index (χ3v) is 3.39. The van der Waals surface area contributed by atoms with Gasteiger partial charge < -0.3 is 15.2 Å². The van der Waals surface area contributed by atoms with Crippen molar-refractivity contribution in [1.29, 1.82) is 0 Å². The first kappa shape index (κ1) is 16.6. The highest BCUT2D eigenvalue weighted by Gasteiger charge is 2.26. The van der Waals surface area contributed by atoms with Crippen molar-refractivity contribution in [2.24, 2.45) is 5.92 Å². The molecular weight excluding hydrogens is 240 g/mol. The third-order valence-electron chi connectivity index (χ3n) is 3.39. The van der Waals surface area contributed by atoms with Gasteiger partial charge in [-0.3, -0.25) is 4.90 Å². The van der Waals surface area contributed by atoms with Crippen LogP contribution in [-0.4, -0.2) is 61.5 Å². The van der Waals surface area contributed by atoms with Crippen LogP contribution in [0.2, 0.25) is 0 Å². The molecule has 0 aromatic rings. The van der Waals surface area contributed by atoms with Gasteiger partial charge in [0, 0.05) is 26.2 Å². The lowest BCUT2D eigenvalue weighted by Gasteiger charge is -2.23. The number of nitrogens with zero attached hydrogens (tertiary/aromatic N) is 1. The second kappa shape index (κ2) is 9.48. The molecule has 0 saturated carbocycles. The number of rotatable bonds is 10. The molecule has 2 unspecified atom stereocenters. The van der Waals surface area contributed by atoms with Crippen LogP contribution in [0.15, 0.2) is 12.7 Å². The Bertz CT molecular complexity index is 246. The van der Waals surface area contributed by atoms with Gasteiger partial charge in [-0.1, -0.05) is 19.9 Å². The molecule has 0 aromatic carbocycles. The van der Waals surface area contributed by atoms with Crippen molar-refractivity contribution in [2.45, 2.75) is 38.9 Å². The maximum atomic E-state index is 9.03. The van der Waals surface area contributed by atoms with E-state index < -0.39 is 0 Å². The van der Waals surface area contributed by atoms with E-state index in [-0.39, 0.29) is 6.61 Å². The summed E-state index contributed by atoms with van der Waals surface area (Å²) in [7, 11) is 0. The highest BCUT2D eigenvalue weighted by molar-refractivity contribution is 4.81. The number of nitrogens with one attached hydrogen (secondary N) is 1. The fraction of sp³-hybridized carbons (Fsp3) is 0.867. The van der Waals surface area contributed by atoms with Gasteiger partial charge in [-0.2, -0.15) is 0 Å². The van der Waals surface area contributed by atoms with E-state index in [1.807, 2.05) is 6.08 Å². The van der Waals surface area contributed by atoms with Gasteiger partial charge in [0.1, 0.15) is 0 Å². The van der Waals surface area contributed by atoms with Crippen molar-refractivity contribution >= 4 is 0 Å². The molecule has 1 saturated heterocycles. The summed E-state index contributed by atoms with van der Waals surface area (Å²) in [4.78, 5) is 2.20. The van der Waals surface area contributed by atoms with Crippen LogP contribution in [0.25, 0.3) is 0 Å². The second-order valence-electron chi connectivity index (χ2n) is 5.78. The molecule has 1 aliphatic rings. The van der Waals surface area contributed by atoms with E-state index in [0.29, 0.717) is 24.7 Å². The van der Waals surface area contributed by atoms with Crippen LogP contribution in [0.1, 0.15) is 26.7 Å². The van der Waals surface area contributed by atoms with Crippen LogP contribution < -0.4 is 5.32 Å². The zero-order valence-electron chi connectivity index (χ0n) is 12.5. The normalized spacial score (nSPS) is 23.4. The number of aliphatic hydroxyl groups is 1. The van der Waals surface area contributed by atoms with Gasteiger partial charge >= 0.3 is 0 Å². The third kappa shape index (κ3) is 7.06. The van der Waals surface area contributed by atoms with Crippen LogP contribution in [0.5, 0.6) is 0 Å². The molecule has 1 aliphatic heterocycles. The summed E-state index contributed by atoms with van der Waals surface area (Å²) < 4.78 is 6.05. The van der Waals surface area contributed by atoms with Gasteiger partial charge in [0.2, 0.25) is 0 Å². The molecule has 4 nitrogen and oxygen atoms in total. The molecule has 1 heterocycles. The molecule has 19 heavy (non-hydrogen) atoms. The Kier molecular flexibility index (Phi) is 8.30. The fourth-order valence-electron chi connectivity index (χ4n) is 2.47. The van der Waals surface area contributed by atoms with E-state index in [0.717, 1.165) is 39.0 Å². The Morgan fingerprint density at radius 1 is 1.42 bits per heavy atom. The molecule has 4 heteroatoms. The largest absolute Gasteiger partial charge is 0.395 e. The molecular formula is C15H30N2O2. The van der Waals surface area contributed by atoms with Gasteiger partial charge in [0.05, 0.1) is 18.8 Å². The molecule has 0 radical (unpaired) electrons. The average Bonchev–Trinajstić information content (AvgIpc) is 2.77. The smallest absolute Gasteiger partial charge is 0.0707 e. The van der Waals surface area contributed by atoms with Crippen molar-refractivity contribution < 1.29 is 9.84 Å². The van der Waals surface area contributed by atoms with Crippen LogP contribution >= 0.6 is 0 Å². The summed E-state index contributed by atoms with van der Waals surface area (Å²) in [5, 5.41) is 12.5. The molecule has 0 amide bonds. The quantitative estimate of drug-likeness (QED) is 0.587. The van der Waals surface area contributed by atoms with E-state index in [4.69, 9.17) is 9.84 Å². The van der Waals surface area contributed by atoms with Crippen molar-refractivity contribution in [3.8, 4) is 0 Å². The van der Waals surface area contributed by atoms with E-state index in [1.54, 1.807) is 0 Å². The van der Waals surface area contributed by atoms with Crippen molar-refractivity contribution in [1.82, 2.24) is 10.2 Å². The van der Waals surface area contributed by atoms with E-state index >= 15 is 0 Å². The van der Waals surface area contributed by atoms with Crippen LogP contribution in [0.4, 0.5) is 0 Å². The zero-order chi connectivity index (χ0) is 14.1. The Balaban J connectivity index is 2.20. The Hall–Kier alpha value is -0.420. The average molecular weight is 270 g/mol. The lowest BCUT2D eigenvalue weighted by molar-refractivity contribution is 0.0226. The first-order valence-corrected chi connectivity index (χ1v) is 7.46. The maximum absolute atomic E-state index is 9.03. The van der Waals surface area contributed by atoms with Crippen LogP contribution in [0.3, 0.4) is 0 Å². The van der Waals surface area contributed by atoms with Gasteiger partial charge in [-0.15, -0.1) is 6.58 Å². The lowest BCUT2D eigenvalue weighted by Crippen LogP contribution is -2.36. The number of hydrogen-bond donors (Lipinski definition) is 2.